The number of benzene rings is 4. The third-order valence-electron chi connectivity index (χ3n) is 5.22. The molecule has 4 aromatic rings. The molecule has 9 heteroatoms. The summed E-state index contributed by atoms with van der Waals surface area (Å²) < 4.78 is 31.1. The van der Waals surface area contributed by atoms with Crippen molar-refractivity contribution < 1.29 is 17.9 Å². The Labute approximate surface area is 203 Å². The summed E-state index contributed by atoms with van der Waals surface area (Å²) in [5.41, 5.74) is 7.16. The SMILES string of the molecule is N#Cc1ccc2cc(Oc3ccc(N(c4ccc(CC(N)=O)cc4)[SH](=O)=O)cc3C#N)ccc2c1. The van der Waals surface area contributed by atoms with Gasteiger partial charge in [-0.3, -0.25) is 4.79 Å². The van der Waals surface area contributed by atoms with E-state index in [-0.39, 0.29) is 23.4 Å². The second-order valence-electron chi connectivity index (χ2n) is 7.59. The zero-order valence-electron chi connectivity index (χ0n) is 18.2. The van der Waals surface area contributed by atoms with Crippen molar-refractivity contribution in [2.75, 3.05) is 4.31 Å². The number of anilines is 2. The van der Waals surface area contributed by atoms with Gasteiger partial charge >= 0.3 is 0 Å². The quantitative estimate of drug-likeness (QED) is 0.381. The van der Waals surface area contributed by atoms with Crippen molar-refractivity contribution in [3.63, 3.8) is 0 Å². The Morgan fingerprint density at radius 3 is 2.20 bits per heavy atom. The highest BCUT2D eigenvalue weighted by Crippen LogP contribution is 2.33. The Bertz CT molecular complexity index is 1590. The highest BCUT2D eigenvalue weighted by Gasteiger charge is 2.16. The number of fused-ring (bicyclic) bond motifs is 1. The van der Waals surface area contributed by atoms with Crippen LogP contribution in [0.2, 0.25) is 0 Å². The Hall–Kier alpha value is -4.86. The van der Waals surface area contributed by atoms with Gasteiger partial charge in [0.1, 0.15) is 17.6 Å². The summed E-state index contributed by atoms with van der Waals surface area (Å²) in [4.78, 5) is 11.1. The molecule has 0 aromatic heterocycles. The third kappa shape index (κ3) is 5.22. The van der Waals surface area contributed by atoms with Crippen LogP contribution in [0.5, 0.6) is 11.5 Å². The van der Waals surface area contributed by atoms with Crippen molar-refractivity contribution in [3.8, 4) is 23.6 Å². The van der Waals surface area contributed by atoms with E-state index in [4.69, 9.17) is 15.7 Å². The van der Waals surface area contributed by atoms with Crippen LogP contribution in [0, 0.1) is 22.7 Å². The van der Waals surface area contributed by atoms with E-state index in [1.807, 2.05) is 18.2 Å². The topological polar surface area (TPSA) is 137 Å². The van der Waals surface area contributed by atoms with Crippen LogP contribution in [0.25, 0.3) is 10.8 Å². The van der Waals surface area contributed by atoms with Crippen LogP contribution >= 0.6 is 0 Å². The fraction of sp³-hybridized carbons (Fsp3) is 0.0385. The van der Waals surface area contributed by atoms with E-state index in [9.17, 15) is 18.5 Å². The molecule has 0 atom stereocenters. The first-order valence-electron chi connectivity index (χ1n) is 10.4. The van der Waals surface area contributed by atoms with Crippen LogP contribution in [0.15, 0.2) is 78.9 Å². The second-order valence-corrected chi connectivity index (χ2v) is 8.46. The van der Waals surface area contributed by atoms with Gasteiger partial charge in [-0.05, 0) is 70.9 Å². The zero-order valence-corrected chi connectivity index (χ0v) is 19.1. The van der Waals surface area contributed by atoms with Gasteiger partial charge in [0.25, 0.3) is 0 Å². The number of hydrogen-bond donors (Lipinski definition) is 2. The molecular weight excluding hydrogens is 464 g/mol. The van der Waals surface area contributed by atoms with Gasteiger partial charge in [0.15, 0.2) is 0 Å². The molecule has 0 aliphatic rings. The first kappa shape index (κ1) is 23.3. The van der Waals surface area contributed by atoms with E-state index in [1.165, 1.54) is 12.1 Å². The lowest BCUT2D eigenvalue weighted by molar-refractivity contribution is -0.117. The number of carbonyl (C=O) groups excluding carboxylic acids is 1. The molecule has 0 saturated heterocycles. The molecule has 0 spiro atoms. The zero-order chi connectivity index (χ0) is 24.9. The summed E-state index contributed by atoms with van der Waals surface area (Å²) in [5, 5.41) is 20.5. The number of nitrogens with zero attached hydrogens (tertiary/aromatic N) is 3. The summed E-state index contributed by atoms with van der Waals surface area (Å²) in [6.07, 6.45) is 0.0443. The molecule has 172 valence electrons. The van der Waals surface area contributed by atoms with Crippen molar-refractivity contribution in [1.82, 2.24) is 0 Å². The summed E-state index contributed by atoms with van der Waals surface area (Å²) in [6.45, 7) is 0. The molecule has 0 unspecified atom stereocenters. The number of ether oxygens (including phenoxy) is 1. The number of carbonyl (C=O) groups is 1. The van der Waals surface area contributed by atoms with Gasteiger partial charge in [-0.15, -0.1) is 0 Å². The number of nitrogens with two attached hydrogens (primary N) is 1. The summed E-state index contributed by atoms with van der Waals surface area (Å²) >= 11 is 0. The van der Waals surface area contributed by atoms with Crippen molar-refractivity contribution in [1.29, 1.82) is 10.5 Å². The highest BCUT2D eigenvalue weighted by atomic mass is 32.2. The second kappa shape index (κ2) is 9.96. The number of hydrogen-bond acceptors (Lipinski definition) is 6. The number of nitriles is 2. The van der Waals surface area contributed by atoms with Crippen molar-refractivity contribution in [2.24, 2.45) is 5.73 Å². The van der Waals surface area contributed by atoms with Gasteiger partial charge in [-0.2, -0.15) is 10.5 Å². The Morgan fingerprint density at radius 2 is 1.54 bits per heavy atom. The normalized spacial score (nSPS) is 10.5. The lowest BCUT2D eigenvalue weighted by atomic mass is 10.1. The standard InChI is InChI=1S/C26H18N4O4S/c27-15-18-1-4-20-14-24(9-5-19(20)11-18)34-25-10-8-23(13-21(25)16-28)30(35(32)33)22-6-2-17(3-7-22)12-26(29)31/h1-11,13-14,35H,12H2,(H2,29,31). The molecule has 2 N–H and O–H groups in total. The number of rotatable bonds is 7. The van der Waals surface area contributed by atoms with Crippen LogP contribution in [-0.2, 0) is 22.1 Å². The average Bonchev–Trinajstić information content (AvgIpc) is 2.85. The Balaban J connectivity index is 1.64. The van der Waals surface area contributed by atoms with E-state index >= 15 is 0 Å². The smallest absolute Gasteiger partial charge is 0.229 e. The summed E-state index contributed by atoms with van der Waals surface area (Å²) in [5.74, 6) is 0.266. The third-order valence-corrected chi connectivity index (χ3v) is 6.01. The van der Waals surface area contributed by atoms with Gasteiger partial charge < -0.3 is 10.5 Å². The molecule has 0 saturated carbocycles. The molecule has 0 aliphatic heterocycles. The maximum Gasteiger partial charge on any atom is 0.229 e. The van der Waals surface area contributed by atoms with Crippen molar-refractivity contribution >= 4 is 38.9 Å². The predicted molar refractivity (Wildman–Crippen MR) is 132 cm³/mol. The Morgan fingerprint density at radius 1 is 0.857 bits per heavy atom. The molecule has 0 bridgehead atoms. The molecule has 8 nitrogen and oxygen atoms in total. The molecule has 1 amide bonds. The molecule has 0 fully saturated rings. The molecule has 0 aliphatic carbocycles. The van der Waals surface area contributed by atoms with Crippen LogP contribution in [0.4, 0.5) is 11.4 Å². The van der Waals surface area contributed by atoms with Crippen LogP contribution in [0.1, 0.15) is 16.7 Å². The number of thiol groups is 1. The largest absolute Gasteiger partial charge is 0.456 e. The van der Waals surface area contributed by atoms with E-state index in [2.05, 4.69) is 6.07 Å². The molecule has 4 aromatic carbocycles. The van der Waals surface area contributed by atoms with Crippen molar-refractivity contribution in [2.45, 2.75) is 6.42 Å². The van der Waals surface area contributed by atoms with Crippen LogP contribution < -0.4 is 14.8 Å². The van der Waals surface area contributed by atoms with Gasteiger partial charge in [-0.1, -0.05) is 24.3 Å². The fourth-order valence-electron chi connectivity index (χ4n) is 3.60. The first-order chi connectivity index (χ1) is 16.9. The molecular formula is C26H18N4O4S. The lowest BCUT2D eigenvalue weighted by Crippen LogP contribution is -2.16. The van der Waals surface area contributed by atoms with Crippen molar-refractivity contribution in [3.05, 3.63) is 95.6 Å². The highest BCUT2D eigenvalue weighted by molar-refractivity contribution is 7.74. The molecule has 4 rings (SSSR count). The maximum absolute atomic E-state index is 12.1. The summed E-state index contributed by atoms with van der Waals surface area (Å²) in [7, 11) is -3.07. The lowest BCUT2D eigenvalue weighted by Gasteiger charge is -2.19. The monoisotopic (exact) mass is 482 g/mol. The minimum absolute atomic E-state index is 0.0443. The number of amides is 1. The van der Waals surface area contributed by atoms with E-state index in [0.717, 1.165) is 15.1 Å². The van der Waals surface area contributed by atoms with Crippen LogP contribution in [0.3, 0.4) is 0 Å². The number of primary amides is 1. The maximum atomic E-state index is 12.1. The van der Waals surface area contributed by atoms with E-state index in [1.54, 1.807) is 54.6 Å². The van der Waals surface area contributed by atoms with Gasteiger partial charge in [0, 0.05) is 0 Å². The summed E-state index contributed by atoms with van der Waals surface area (Å²) in [6, 6.07) is 25.6. The Kier molecular flexibility index (Phi) is 6.63. The minimum atomic E-state index is -3.07. The first-order valence-corrected chi connectivity index (χ1v) is 11.5. The van der Waals surface area contributed by atoms with E-state index < -0.39 is 16.8 Å². The molecule has 0 radical (unpaired) electrons. The molecule has 0 heterocycles. The fourth-order valence-corrected chi connectivity index (χ4v) is 4.24. The van der Waals surface area contributed by atoms with Gasteiger partial charge in [0.2, 0.25) is 16.8 Å². The van der Waals surface area contributed by atoms with E-state index in [0.29, 0.717) is 22.6 Å². The van der Waals surface area contributed by atoms with Gasteiger partial charge in [-0.25, -0.2) is 12.7 Å². The molecule has 35 heavy (non-hydrogen) atoms. The predicted octanol–water partition coefficient (Wildman–Crippen LogP) is 4.07. The van der Waals surface area contributed by atoms with Gasteiger partial charge in [0.05, 0.1) is 35.0 Å². The van der Waals surface area contributed by atoms with Crippen LogP contribution in [-0.4, -0.2) is 14.3 Å². The average molecular weight is 483 g/mol. The minimum Gasteiger partial charge on any atom is -0.456 e.